The third-order valence-electron chi connectivity index (χ3n) is 3.82. The molecule has 0 spiro atoms. The summed E-state index contributed by atoms with van der Waals surface area (Å²) in [5, 5.41) is 0.431. The fourth-order valence-corrected chi connectivity index (χ4v) is 4.07. The Morgan fingerprint density at radius 1 is 1.23 bits per heavy atom. The van der Waals surface area contributed by atoms with E-state index in [1.807, 2.05) is 4.90 Å². The largest absolute Gasteiger partial charge is 0.477 e. The second-order valence-corrected chi connectivity index (χ2v) is 7.86. The highest BCUT2D eigenvalue weighted by molar-refractivity contribution is 7.91. The molecule has 0 radical (unpaired) electrons. The fourth-order valence-electron chi connectivity index (χ4n) is 2.56. The van der Waals surface area contributed by atoms with E-state index in [2.05, 4.69) is 9.97 Å². The van der Waals surface area contributed by atoms with E-state index in [1.165, 1.54) is 24.3 Å². The van der Waals surface area contributed by atoms with Gasteiger partial charge in [-0.1, -0.05) is 11.6 Å². The van der Waals surface area contributed by atoms with Crippen molar-refractivity contribution in [3.05, 3.63) is 29.3 Å². The first-order chi connectivity index (χ1) is 12.4. The number of sulfone groups is 1. The molecule has 1 aliphatic heterocycles. The Labute approximate surface area is 156 Å². The molecule has 0 bridgehead atoms. The van der Waals surface area contributed by atoms with Crippen LogP contribution < -0.4 is 15.4 Å². The molecule has 1 aromatic heterocycles. The number of nitrogen functional groups attached to an aromatic ring is 1. The Balaban J connectivity index is 2.09. The lowest BCUT2D eigenvalue weighted by molar-refractivity contribution is 0.122. The predicted molar refractivity (Wildman–Crippen MR) is 97.5 cm³/mol. The number of halogens is 1. The summed E-state index contributed by atoms with van der Waals surface area (Å²) in [5.41, 5.74) is 6.02. The third kappa shape index (κ3) is 3.69. The van der Waals surface area contributed by atoms with Gasteiger partial charge in [-0.25, -0.2) is 8.42 Å². The van der Waals surface area contributed by atoms with Gasteiger partial charge >= 0.3 is 0 Å². The monoisotopic (exact) mass is 398 g/mol. The minimum atomic E-state index is -3.96. The summed E-state index contributed by atoms with van der Waals surface area (Å²) in [7, 11) is -3.96. The molecular weight excluding hydrogens is 380 g/mol. The number of ether oxygens (including phenoxy) is 2. The van der Waals surface area contributed by atoms with Gasteiger partial charge in [0, 0.05) is 18.1 Å². The highest BCUT2D eigenvalue weighted by Gasteiger charge is 2.30. The predicted octanol–water partition coefficient (Wildman–Crippen LogP) is 1.78. The van der Waals surface area contributed by atoms with E-state index in [0.29, 0.717) is 37.3 Å². The standard InChI is InChI=1S/C16H19ClN4O4S/c1-2-25-15-13(26(22,23)12-5-3-11(17)4-6-12)14(18)19-16(20-15)21-7-9-24-10-8-21/h3-6H,2,7-10H2,1H3,(H2,18,19,20). The smallest absolute Gasteiger partial charge is 0.240 e. The van der Waals surface area contributed by atoms with Crippen molar-refractivity contribution in [1.29, 1.82) is 0 Å². The number of anilines is 2. The molecule has 0 aliphatic carbocycles. The van der Waals surface area contributed by atoms with Crippen LogP contribution in [0.2, 0.25) is 5.02 Å². The van der Waals surface area contributed by atoms with Crippen molar-refractivity contribution in [2.24, 2.45) is 0 Å². The average molecular weight is 399 g/mol. The lowest BCUT2D eigenvalue weighted by Gasteiger charge is -2.27. The number of hydrogen-bond donors (Lipinski definition) is 1. The number of hydrogen-bond acceptors (Lipinski definition) is 8. The maximum Gasteiger partial charge on any atom is 0.240 e. The minimum Gasteiger partial charge on any atom is -0.477 e. The molecule has 8 nitrogen and oxygen atoms in total. The zero-order valence-electron chi connectivity index (χ0n) is 14.2. The van der Waals surface area contributed by atoms with E-state index in [-0.39, 0.29) is 28.1 Å². The first-order valence-corrected chi connectivity index (χ1v) is 9.93. The molecule has 26 heavy (non-hydrogen) atoms. The van der Waals surface area contributed by atoms with Crippen LogP contribution in [0.25, 0.3) is 0 Å². The first kappa shape index (κ1) is 18.7. The van der Waals surface area contributed by atoms with Crippen LogP contribution in [0.4, 0.5) is 11.8 Å². The molecule has 0 unspecified atom stereocenters. The number of rotatable bonds is 5. The van der Waals surface area contributed by atoms with Gasteiger partial charge in [0.25, 0.3) is 0 Å². The molecule has 10 heteroatoms. The minimum absolute atomic E-state index is 0.0391. The highest BCUT2D eigenvalue weighted by Crippen LogP contribution is 2.34. The highest BCUT2D eigenvalue weighted by atomic mass is 35.5. The number of nitrogens with zero attached hydrogens (tertiary/aromatic N) is 3. The zero-order chi connectivity index (χ0) is 18.7. The van der Waals surface area contributed by atoms with Gasteiger partial charge in [0.05, 0.1) is 24.7 Å². The first-order valence-electron chi connectivity index (χ1n) is 8.07. The Hall–Kier alpha value is -2.10. The molecule has 1 aliphatic rings. The lowest BCUT2D eigenvalue weighted by Crippen LogP contribution is -2.37. The molecule has 2 heterocycles. The maximum absolute atomic E-state index is 13.0. The second-order valence-electron chi connectivity index (χ2n) is 5.53. The van der Waals surface area contributed by atoms with Crippen LogP contribution >= 0.6 is 11.6 Å². The third-order valence-corrected chi connectivity index (χ3v) is 5.88. The van der Waals surface area contributed by atoms with Crippen molar-refractivity contribution in [3.63, 3.8) is 0 Å². The number of aromatic nitrogens is 2. The van der Waals surface area contributed by atoms with E-state index >= 15 is 0 Å². The Kier molecular flexibility index (Phi) is 5.49. The molecule has 1 saturated heterocycles. The summed E-state index contributed by atoms with van der Waals surface area (Å²) in [5.74, 6) is 0.112. The van der Waals surface area contributed by atoms with Crippen LogP contribution in [0.1, 0.15) is 6.92 Å². The van der Waals surface area contributed by atoms with Crippen molar-refractivity contribution in [3.8, 4) is 5.88 Å². The lowest BCUT2D eigenvalue weighted by atomic mass is 10.4. The van der Waals surface area contributed by atoms with Crippen LogP contribution in [0.5, 0.6) is 5.88 Å². The van der Waals surface area contributed by atoms with Crippen molar-refractivity contribution in [2.45, 2.75) is 16.7 Å². The summed E-state index contributed by atoms with van der Waals surface area (Å²) in [6.07, 6.45) is 0. The Bertz CT molecular complexity index is 884. The molecule has 1 aromatic carbocycles. The molecule has 3 rings (SSSR count). The Morgan fingerprint density at radius 3 is 2.50 bits per heavy atom. The van der Waals surface area contributed by atoms with Gasteiger partial charge in [-0.05, 0) is 31.2 Å². The topological polar surface area (TPSA) is 108 Å². The van der Waals surface area contributed by atoms with Crippen molar-refractivity contribution >= 4 is 33.2 Å². The molecule has 2 N–H and O–H groups in total. The van der Waals surface area contributed by atoms with Gasteiger partial charge in [-0.15, -0.1) is 0 Å². The fraction of sp³-hybridized carbons (Fsp3) is 0.375. The number of benzene rings is 1. The van der Waals surface area contributed by atoms with Crippen LogP contribution in [-0.4, -0.2) is 51.3 Å². The maximum atomic E-state index is 13.0. The second kappa shape index (κ2) is 7.65. The number of morpholine rings is 1. The van der Waals surface area contributed by atoms with Gasteiger partial charge in [-0.3, -0.25) is 0 Å². The van der Waals surface area contributed by atoms with Gasteiger partial charge in [0.1, 0.15) is 0 Å². The van der Waals surface area contributed by atoms with Crippen LogP contribution in [-0.2, 0) is 14.6 Å². The molecule has 140 valence electrons. The quantitative estimate of drug-likeness (QED) is 0.811. The normalized spacial score (nSPS) is 15.1. The van der Waals surface area contributed by atoms with Crippen LogP contribution in [0.15, 0.2) is 34.1 Å². The van der Waals surface area contributed by atoms with Crippen LogP contribution in [0.3, 0.4) is 0 Å². The van der Waals surface area contributed by atoms with E-state index in [0.717, 1.165) is 0 Å². The molecule has 0 saturated carbocycles. The summed E-state index contributed by atoms with van der Waals surface area (Å²) in [6, 6.07) is 5.80. The Morgan fingerprint density at radius 2 is 1.88 bits per heavy atom. The van der Waals surface area contributed by atoms with Gasteiger partial charge in [0.2, 0.25) is 21.7 Å². The summed E-state index contributed by atoms with van der Waals surface area (Å²) >= 11 is 5.84. The van der Waals surface area contributed by atoms with Crippen molar-refractivity contribution < 1.29 is 17.9 Å². The zero-order valence-corrected chi connectivity index (χ0v) is 15.8. The summed E-state index contributed by atoms with van der Waals surface area (Å²) in [6.45, 7) is 4.24. The van der Waals surface area contributed by atoms with Crippen molar-refractivity contribution in [2.75, 3.05) is 43.5 Å². The SMILES string of the molecule is CCOc1nc(N2CCOCC2)nc(N)c1S(=O)(=O)c1ccc(Cl)cc1. The summed E-state index contributed by atoms with van der Waals surface area (Å²) in [4.78, 5) is 10.2. The van der Waals surface area contributed by atoms with E-state index in [1.54, 1.807) is 6.92 Å². The van der Waals surface area contributed by atoms with E-state index in [4.69, 9.17) is 26.8 Å². The molecule has 1 fully saturated rings. The number of nitrogens with two attached hydrogens (primary N) is 1. The van der Waals surface area contributed by atoms with Gasteiger partial charge in [-0.2, -0.15) is 9.97 Å². The van der Waals surface area contributed by atoms with Crippen molar-refractivity contribution in [1.82, 2.24) is 9.97 Å². The van der Waals surface area contributed by atoms with E-state index in [9.17, 15) is 8.42 Å². The molecular formula is C16H19ClN4O4S. The molecule has 0 atom stereocenters. The average Bonchev–Trinajstić information content (AvgIpc) is 2.62. The van der Waals surface area contributed by atoms with Crippen LogP contribution in [0, 0.1) is 0 Å². The molecule has 0 amide bonds. The van der Waals surface area contributed by atoms with E-state index < -0.39 is 9.84 Å². The van der Waals surface area contributed by atoms with Gasteiger partial charge in [0.15, 0.2) is 10.7 Å². The van der Waals surface area contributed by atoms with Gasteiger partial charge < -0.3 is 20.1 Å². The molecule has 2 aromatic rings. The summed E-state index contributed by atoms with van der Waals surface area (Å²) < 4.78 is 36.9.